The van der Waals surface area contributed by atoms with Gasteiger partial charge in [0.1, 0.15) is 17.4 Å². The van der Waals surface area contributed by atoms with E-state index in [0.29, 0.717) is 25.1 Å². The number of hydrogen-bond acceptors (Lipinski definition) is 2. The van der Waals surface area contributed by atoms with E-state index in [1.54, 1.807) is 0 Å². The van der Waals surface area contributed by atoms with Crippen LogP contribution in [0.25, 0.3) is 0 Å². The Kier molecular flexibility index (Phi) is 3.29. The van der Waals surface area contributed by atoms with Crippen LogP contribution in [0.2, 0.25) is 0 Å². The minimum absolute atomic E-state index is 0.170. The molecule has 0 unspecified atom stereocenters. The molecule has 0 amide bonds. The van der Waals surface area contributed by atoms with Crippen molar-refractivity contribution >= 4 is 5.78 Å². The van der Waals surface area contributed by atoms with Gasteiger partial charge in [-0.1, -0.05) is 0 Å². The zero-order valence-corrected chi connectivity index (χ0v) is 8.88. The summed E-state index contributed by atoms with van der Waals surface area (Å²) in [5.74, 6) is -0.692. The molecule has 0 N–H and O–H groups in total. The van der Waals surface area contributed by atoms with Gasteiger partial charge in [0.05, 0.1) is 6.54 Å². The van der Waals surface area contributed by atoms with Gasteiger partial charge in [-0.2, -0.15) is 0 Å². The Bertz CT molecular complexity index is 406. The molecular formula is C12H13F2NO. The van der Waals surface area contributed by atoms with Crippen LogP contribution in [0.15, 0.2) is 18.2 Å². The Balaban J connectivity index is 2.08. The molecule has 2 nitrogen and oxygen atoms in total. The molecule has 4 heteroatoms. The number of ketones is 1. The smallest absolute Gasteiger partial charge is 0.146 e. The first-order valence-corrected chi connectivity index (χ1v) is 5.33. The van der Waals surface area contributed by atoms with E-state index in [0.717, 1.165) is 25.1 Å². The fourth-order valence-corrected chi connectivity index (χ4v) is 1.95. The highest BCUT2D eigenvalue weighted by molar-refractivity contribution is 5.81. The van der Waals surface area contributed by atoms with E-state index in [-0.39, 0.29) is 5.78 Å². The molecule has 0 bridgehead atoms. The number of rotatable bonds is 2. The molecule has 1 saturated heterocycles. The number of carbonyl (C=O) groups is 1. The maximum atomic E-state index is 13.3. The number of Topliss-reactive ketones (excluding diaryl/α,β-unsaturated/α-hetero) is 1. The second-order valence-corrected chi connectivity index (χ2v) is 4.09. The number of carbonyl (C=O) groups excluding carboxylic acids is 1. The van der Waals surface area contributed by atoms with Crippen molar-refractivity contribution in [3.8, 4) is 0 Å². The van der Waals surface area contributed by atoms with Gasteiger partial charge in [0, 0.05) is 18.5 Å². The molecule has 0 radical (unpaired) electrons. The van der Waals surface area contributed by atoms with Gasteiger partial charge in [-0.15, -0.1) is 0 Å². The number of nitrogens with zero attached hydrogens (tertiary/aromatic N) is 1. The predicted molar refractivity (Wildman–Crippen MR) is 55.9 cm³/mol. The van der Waals surface area contributed by atoms with Gasteiger partial charge in [-0.25, -0.2) is 8.78 Å². The second-order valence-electron chi connectivity index (χ2n) is 4.09. The maximum absolute atomic E-state index is 13.3. The number of likely N-dealkylation sites (tertiary alicyclic amines) is 1. The van der Waals surface area contributed by atoms with E-state index in [1.807, 2.05) is 4.90 Å². The molecular weight excluding hydrogens is 212 g/mol. The van der Waals surface area contributed by atoms with E-state index in [4.69, 9.17) is 0 Å². The summed E-state index contributed by atoms with van der Waals surface area (Å²) in [6, 6.07) is 3.41. The van der Waals surface area contributed by atoms with Crippen LogP contribution in [0, 0.1) is 11.6 Å². The third kappa shape index (κ3) is 2.64. The summed E-state index contributed by atoms with van der Waals surface area (Å²) in [4.78, 5) is 13.1. The Labute approximate surface area is 92.9 Å². The van der Waals surface area contributed by atoms with E-state index < -0.39 is 11.6 Å². The van der Waals surface area contributed by atoms with Crippen molar-refractivity contribution in [3.05, 3.63) is 35.4 Å². The van der Waals surface area contributed by atoms with Crippen molar-refractivity contribution in [2.45, 2.75) is 19.4 Å². The largest absolute Gasteiger partial charge is 0.298 e. The van der Waals surface area contributed by atoms with Gasteiger partial charge < -0.3 is 0 Å². The Hall–Kier alpha value is -1.29. The van der Waals surface area contributed by atoms with Gasteiger partial charge in [0.25, 0.3) is 0 Å². The SMILES string of the molecule is O=C1CCCN(Cc2cc(F)ccc2F)C1. The molecule has 86 valence electrons. The highest BCUT2D eigenvalue weighted by atomic mass is 19.1. The lowest BCUT2D eigenvalue weighted by Gasteiger charge is -2.25. The standard InChI is InChI=1S/C12H13F2NO/c13-10-3-4-12(14)9(6-10)7-15-5-1-2-11(16)8-15/h3-4,6H,1-2,5,7-8H2. The summed E-state index contributed by atoms with van der Waals surface area (Å²) in [6.07, 6.45) is 1.40. The fourth-order valence-electron chi connectivity index (χ4n) is 1.95. The third-order valence-electron chi connectivity index (χ3n) is 2.73. The number of halogens is 2. The second kappa shape index (κ2) is 4.70. The van der Waals surface area contributed by atoms with Gasteiger partial charge in [0.2, 0.25) is 0 Å². The first kappa shape index (κ1) is 11.2. The summed E-state index contributed by atoms with van der Waals surface area (Å²) in [5, 5.41) is 0. The molecule has 0 saturated carbocycles. The number of benzene rings is 1. The zero-order chi connectivity index (χ0) is 11.5. The maximum Gasteiger partial charge on any atom is 0.146 e. The van der Waals surface area contributed by atoms with Crippen molar-refractivity contribution in [2.75, 3.05) is 13.1 Å². The van der Waals surface area contributed by atoms with Gasteiger partial charge in [-0.3, -0.25) is 9.69 Å². The first-order valence-electron chi connectivity index (χ1n) is 5.33. The summed E-state index contributed by atoms with van der Waals surface area (Å²) in [5.41, 5.74) is 0.315. The molecule has 1 fully saturated rings. The van der Waals surface area contributed by atoms with Gasteiger partial charge >= 0.3 is 0 Å². The van der Waals surface area contributed by atoms with Crippen LogP contribution in [0.3, 0.4) is 0 Å². The predicted octanol–water partition coefficient (Wildman–Crippen LogP) is 2.13. The van der Waals surface area contributed by atoms with E-state index in [1.165, 1.54) is 6.07 Å². The average molecular weight is 225 g/mol. The first-order chi connectivity index (χ1) is 7.65. The Morgan fingerprint density at radius 1 is 1.31 bits per heavy atom. The molecule has 1 aromatic carbocycles. The topological polar surface area (TPSA) is 20.3 Å². The van der Waals surface area contributed by atoms with E-state index >= 15 is 0 Å². The lowest BCUT2D eigenvalue weighted by atomic mass is 10.1. The quantitative estimate of drug-likeness (QED) is 0.768. The molecule has 0 aromatic heterocycles. The summed E-state index contributed by atoms with van der Waals surface area (Å²) in [7, 11) is 0. The molecule has 1 aliphatic heterocycles. The van der Waals surface area contributed by atoms with E-state index in [2.05, 4.69) is 0 Å². The molecule has 1 aliphatic rings. The molecule has 1 aromatic rings. The molecule has 2 rings (SSSR count). The highest BCUT2D eigenvalue weighted by Crippen LogP contribution is 2.15. The fraction of sp³-hybridized carbons (Fsp3) is 0.417. The minimum Gasteiger partial charge on any atom is -0.298 e. The van der Waals surface area contributed by atoms with Gasteiger partial charge in [0.15, 0.2) is 0 Å². The lowest BCUT2D eigenvalue weighted by molar-refractivity contribution is -0.122. The molecule has 0 aliphatic carbocycles. The van der Waals surface area contributed by atoms with Crippen LogP contribution in [0.4, 0.5) is 8.78 Å². The Morgan fingerprint density at radius 3 is 2.88 bits per heavy atom. The van der Waals surface area contributed by atoms with Crippen LogP contribution in [-0.2, 0) is 11.3 Å². The van der Waals surface area contributed by atoms with Crippen LogP contribution < -0.4 is 0 Å². The van der Waals surface area contributed by atoms with Crippen molar-refractivity contribution in [1.29, 1.82) is 0 Å². The normalized spacial score (nSPS) is 17.8. The molecule has 0 atom stereocenters. The lowest BCUT2D eigenvalue weighted by Crippen LogP contribution is -2.35. The van der Waals surface area contributed by atoms with Crippen LogP contribution in [0.1, 0.15) is 18.4 Å². The van der Waals surface area contributed by atoms with Crippen LogP contribution in [0.5, 0.6) is 0 Å². The van der Waals surface area contributed by atoms with Gasteiger partial charge in [-0.05, 0) is 31.2 Å². The van der Waals surface area contributed by atoms with Crippen LogP contribution >= 0.6 is 0 Å². The number of piperidine rings is 1. The van der Waals surface area contributed by atoms with Crippen molar-refractivity contribution in [3.63, 3.8) is 0 Å². The Morgan fingerprint density at radius 2 is 2.12 bits per heavy atom. The van der Waals surface area contributed by atoms with Crippen molar-refractivity contribution in [2.24, 2.45) is 0 Å². The molecule has 1 heterocycles. The summed E-state index contributed by atoms with van der Waals surface area (Å²) >= 11 is 0. The minimum atomic E-state index is -0.445. The third-order valence-corrected chi connectivity index (χ3v) is 2.73. The van der Waals surface area contributed by atoms with E-state index in [9.17, 15) is 13.6 Å². The zero-order valence-electron chi connectivity index (χ0n) is 8.88. The van der Waals surface area contributed by atoms with Crippen LogP contribution in [-0.4, -0.2) is 23.8 Å². The van der Waals surface area contributed by atoms with Crippen molar-refractivity contribution in [1.82, 2.24) is 4.90 Å². The highest BCUT2D eigenvalue weighted by Gasteiger charge is 2.18. The summed E-state index contributed by atoms with van der Waals surface area (Å²) < 4.78 is 26.3. The monoisotopic (exact) mass is 225 g/mol. The average Bonchev–Trinajstić information content (AvgIpc) is 2.24. The molecule has 0 spiro atoms. The molecule has 16 heavy (non-hydrogen) atoms. The number of hydrogen-bond donors (Lipinski definition) is 0. The van der Waals surface area contributed by atoms with Crippen molar-refractivity contribution < 1.29 is 13.6 Å². The summed E-state index contributed by atoms with van der Waals surface area (Å²) in [6.45, 7) is 1.41.